The van der Waals surface area contributed by atoms with E-state index in [0.717, 1.165) is 18.9 Å². The van der Waals surface area contributed by atoms with Crippen molar-refractivity contribution in [1.82, 2.24) is 0 Å². The monoisotopic (exact) mass is 342 g/mol. The third-order valence-electron chi connectivity index (χ3n) is 2.27. The van der Waals surface area contributed by atoms with Crippen molar-refractivity contribution < 1.29 is 22.4 Å². The Morgan fingerprint density at radius 3 is 2.71 bits per heavy atom. The number of halogens is 2. The summed E-state index contributed by atoms with van der Waals surface area (Å²) >= 11 is 2.88. The minimum absolute atomic E-state index is 0.106. The fourth-order valence-corrected chi connectivity index (χ4v) is 3.20. The zero-order valence-electron chi connectivity index (χ0n) is 8.48. The maximum atomic E-state index is 11.5. The van der Waals surface area contributed by atoms with Gasteiger partial charge in [-0.25, -0.2) is 13.2 Å². The van der Waals surface area contributed by atoms with Crippen LogP contribution in [0.15, 0.2) is 20.0 Å². The van der Waals surface area contributed by atoms with Crippen LogP contribution in [0.25, 0.3) is 0 Å². The van der Waals surface area contributed by atoms with Crippen LogP contribution in [-0.4, -0.2) is 21.0 Å². The molecule has 2 rings (SSSR count). The molecular formula is C9H8BrClO5S. The smallest absolute Gasteiger partial charge is 0.374 e. The zero-order valence-corrected chi connectivity index (χ0v) is 11.6. The van der Waals surface area contributed by atoms with Crippen molar-refractivity contribution in [1.29, 1.82) is 0 Å². The van der Waals surface area contributed by atoms with Crippen LogP contribution in [0.2, 0.25) is 0 Å². The largest absolute Gasteiger partial charge is 0.460 e. The number of rotatable bonds is 4. The lowest BCUT2D eigenvalue weighted by molar-refractivity contribution is 0.0448. The van der Waals surface area contributed by atoms with Crippen molar-refractivity contribution in [3.63, 3.8) is 0 Å². The van der Waals surface area contributed by atoms with Crippen LogP contribution in [0.3, 0.4) is 0 Å². The molecule has 1 fully saturated rings. The first kappa shape index (κ1) is 12.9. The number of hydrogen-bond acceptors (Lipinski definition) is 5. The molecule has 1 aliphatic carbocycles. The minimum Gasteiger partial charge on any atom is -0.460 e. The molecule has 0 N–H and O–H groups in total. The molecule has 0 amide bonds. The minimum atomic E-state index is -3.94. The Bertz CT molecular complexity index is 546. The normalized spacial score (nSPS) is 15.9. The van der Waals surface area contributed by atoms with Crippen LogP contribution in [0.4, 0.5) is 0 Å². The molecule has 0 aromatic carbocycles. The van der Waals surface area contributed by atoms with Crippen molar-refractivity contribution in [2.45, 2.75) is 17.7 Å². The van der Waals surface area contributed by atoms with Gasteiger partial charge in [0.1, 0.15) is 4.90 Å². The highest BCUT2D eigenvalue weighted by molar-refractivity contribution is 9.10. The molecule has 17 heavy (non-hydrogen) atoms. The summed E-state index contributed by atoms with van der Waals surface area (Å²) in [6.07, 6.45) is 2.10. The number of carbonyl (C=O) groups is 1. The van der Waals surface area contributed by atoms with Crippen molar-refractivity contribution in [2.24, 2.45) is 5.92 Å². The SMILES string of the molecule is O=C(OCC1CC1)c1cc(S(=O)(=O)Cl)c(Br)o1. The first-order valence-corrected chi connectivity index (χ1v) is 7.89. The van der Waals surface area contributed by atoms with Crippen molar-refractivity contribution in [3.05, 3.63) is 16.5 Å². The van der Waals surface area contributed by atoms with Crippen molar-refractivity contribution in [3.8, 4) is 0 Å². The van der Waals surface area contributed by atoms with E-state index in [-0.39, 0.29) is 15.3 Å². The summed E-state index contributed by atoms with van der Waals surface area (Å²) in [7, 11) is 1.21. The Balaban J connectivity index is 2.13. The van der Waals surface area contributed by atoms with Crippen molar-refractivity contribution in [2.75, 3.05) is 6.61 Å². The Morgan fingerprint density at radius 2 is 2.24 bits per heavy atom. The summed E-state index contributed by atoms with van der Waals surface area (Å²) in [5, 5.41) is 0. The lowest BCUT2D eigenvalue weighted by Gasteiger charge is -1.99. The molecular weight excluding hydrogens is 336 g/mol. The average Bonchev–Trinajstić information content (AvgIpc) is 2.95. The zero-order chi connectivity index (χ0) is 12.6. The molecule has 0 aliphatic heterocycles. The fraction of sp³-hybridized carbons (Fsp3) is 0.444. The summed E-state index contributed by atoms with van der Waals surface area (Å²) < 4.78 is 31.9. The highest BCUT2D eigenvalue weighted by Crippen LogP contribution is 2.31. The van der Waals surface area contributed by atoms with E-state index in [1.165, 1.54) is 0 Å². The summed E-state index contributed by atoms with van der Waals surface area (Å²) in [4.78, 5) is 11.2. The first-order chi connectivity index (χ1) is 7.88. The molecule has 1 aromatic heterocycles. The molecule has 1 aliphatic rings. The second kappa shape index (κ2) is 4.62. The lowest BCUT2D eigenvalue weighted by atomic mass is 10.4. The van der Waals surface area contributed by atoms with Gasteiger partial charge in [0.2, 0.25) is 5.76 Å². The van der Waals surface area contributed by atoms with Gasteiger partial charge in [-0.05, 0) is 34.7 Å². The van der Waals surface area contributed by atoms with Crippen LogP contribution in [-0.2, 0) is 13.8 Å². The molecule has 1 aromatic rings. The lowest BCUT2D eigenvalue weighted by Crippen LogP contribution is -2.06. The van der Waals surface area contributed by atoms with E-state index in [0.29, 0.717) is 12.5 Å². The third-order valence-corrected chi connectivity index (χ3v) is 4.45. The molecule has 94 valence electrons. The highest BCUT2D eigenvalue weighted by atomic mass is 79.9. The van der Waals surface area contributed by atoms with Crippen LogP contribution in [0.1, 0.15) is 23.4 Å². The van der Waals surface area contributed by atoms with Gasteiger partial charge in [0, 0.05) is 16.7 Å². The second-order valence-corrected chi connectivity index (χ2v) is 6.98. The molecule has 0 atom stereocenters. The standard InChI is InChI=1S/C9H8BrClO5S/c10-8-7(17(11,13)14)3-6(16-8)9(12)15-4-5-1-2-5/h3,5H,1-2,4H2. The summed E-state index contributed by atoms with van der Waals surface area (Å²) in [6.45, 7) is 0.333. The number of ether oxygens (including phenoxy) is 1. The Morgan fingerprint density at radius 1 is 1.59 bits per heavy atom. The maximum absolute atomic E-state index is 11.5. The number of carbonyl (C=O) groups excluding carboxylic acids is 1. The van der Waals surface area contributed by atoms with E-state index in [2.05, 4.69) is 15.9 Å². The van der Waals surface area contributed by atoms with Crippen LogP contribution in [0.5, 0.6) is 0 Å². The predicted octanol–water partition coefficient (Wildman–Crippen LogP) is 2.54. The van der Waals surface area contributed by atoms with Gasteiger partial charge >= 0.3 is 5.97 Å². The third kappa shape index (κ3) is 3.23. The topological polar surface area (TPSA) is 73.6 Å². The summed E-state index contributed by atoms with van der Waals surface area (Å²) in [5.74, 6) is -0.450. The van der Waals surface area contributed by atoms with E-state index < -0.39 is 15.0 Å². The van der Waals surface area contributed by atoms with Crippen LogP contribution >= 0.6 is 26.6 Å². The molecule has 0 unspecified atom stereocenters. The molecule has 0 spiro atoms. The predicted molar refractivity (Wildman–Crippen MR) is 62.5 cm³/mol. The molecule has 5 nitrogen and oxygen atoms in total. The molecule has 0 radical (unpaired) electrons. The number of hydrogen-bond donors (Lipinski definition) is 0. The molecule has 1 saturated carbocycles. The van der Waals surface area contributed by atoms with Gasteiger partial charge in [-0.15, -0.1) is 0 Å². The quantitative estimate of drug-likeness (QED) is 0.620. The van der Waals surface area contributed by atoms with E-state index in [1.807, 2.05) is 0 Å². The van der Waals surface area contributed by atoms with E-state index in [1.54, 1.807) is 0 Å². The summed E-state index contributed by atoms with van der Waals surface area (Å²) in [5.41, 5.74) is 0. The number of furan rings is 1. The first-order valence-electron chi connectivity index (χ1n) is 4.79. The average molecular weight is 344 g/mol. The fourth-order valence-electron chi connectivity index (χ4n) is 1.17. The Hall–Kier alpha value is -0.530. The molecule has 0 saturated heterocycles. The van der Waals surface area contributed by atoms with Gasteiger partial charge in [0.25, 0.3) is 9.05 Å². The van der Waals surface area contributed by atoms with Gasteiger partial charge in [-0.3, -0.25) is 0 Å². The molecule has 8 heteroatoms. The van der Waals surface area contributed by atoms with Crippen LogP contribution < -0.4 is 0 Å². The van der Waals surface area contributed by atoms with Gasteiger partial charge in [-0.1, -0.05) is 0 Å². The van der Waals surface area contributed by atoms with Gasteiger partial charge < -0.3 is 9.15 Å². The van der Waals surface area contributed by atoms with Gasteiger partial charge in [0.05, 0.1) is 6.61 Å². The van der Waals surface area contributed by atoms with E-state index in [4.69, 9.17) is 19.8 Å². The number of esters is 1. The second-order valence-electron chi connectivity index (χ2n) is 3.73. The van der Waals surface area contributed by atoms with Gasteiger partial charge in [0.15, 0.2) is 4.67 Å². The van der Waals surface area contributed by atoms with Crippen molar-refractivity contribution >= 4 is 41.6 Å². The highest BCUT2D eigenvalue weighted by Gasteiger charge is 2.27. The molecule has 0 bridgehead atoms. The Labute approximate surface area is 111 Å². The van der Waals surface area contributed by atoms with Gasteiger partial charge in [-0.2, -0.15) is 0 Å². The maximum Gasteiger partial charge on any atom is 0.374 e. The van der Waals surface area contributed by atoms with E-state index >= 15 is 0 Å². The summed E-state index contributed by atoms with van der Waals surface area (Å²) in [6, 6.07) is 1.04. The van der Waals surface area contributed by atoms with E-state index in [9.17, 15) is 13.2 Å². The molecule has 1 heterocycles. The van der Waals surface area contributed by atoms with Crippen LogP contribution in [0, 0.1) is 5.92 Å². The Kier molecular flexibility index (Phi) is 3.51.